The molecule has 1 N–H and O–H groups in total. The molecule has 0 aliphatic heterocycles. The predicted molar refractivity (Wildman–Crippen MR) is 55.3 cm³/mol. The maximum atomic E-state index is 11.9. The lowest BCUT2D eigenvalue weighted by atomic mass is 10.3. The molecule has 0 spiro atoms. The van der Waals surface area contributed by atoms with Gasteiger partial charge >= 0.3 is 6.18 Å². The van der Waals surface area contributed by atoms with Crippen LogP contribution in [0.25, 0.3) is 0 Å². The number of hydrogen-bond donors (Lipinski definition) is 1. The number of imidazole rings is 1. The Kier molecular flexibility index (Phi) is 3.96. The van der Waals surface area contributed by atoms with Gasteiger partial charge in [0, 0.05) is 18.3 Å². The third-order valence-corrected chi connectivity index (χ3v) is 2.53. The molecule has 1 atom stereocenters. The SMILES string of the molecule is Cc1ncn(C(C)CNCC(F)(F)F)c1C. The fraction of sp³-hybridized carbons (Fsp3) is 0.700. The largest absolute Gasteiger partial charge is 0.401 e. The van der Waals surface area contributed by atoms with Crippen molar-refractivity contribution in [2.75, 3.05) is 13.1 Å². The standard InChI is InChI=1S/C10H16F3N3/c1-7(4-14-5-10(11,12)13)16-6-15-8(2)9(16)3/h6-7,14H,4-5H2,1-3H3. The average molecular weight is 235 g/mol. The number of aryl methyl sites for hydroxylation is 1. The number of hydrogen-bond acceptors (Lipinski definition) is 2. The van der Waals surface area contributed by atoms with E-state index >= 15 is 0 Å². The van der Waals surface area contributed by atoms with Crippen LogP contribution >= 0.6 is 0 Å². The minimum atomic E-state index is -4.15. The molecule has 1 unspecified atom stereocenters. The summed E-state index contributed by atoms with van der Waals surface area (Å²) in [6, 6.07) is -0.0384. The fourth-order valence-electron chi connectivity index (χ4n) is 1.48. The summed E-state index contributed by atoms with van der Waals surface area (Å²) in [7, 11) is 0. The summed E-state index contributed by atoms with van der Waals surface area (Å²) in [6.45, 7) is 4.96. The molecule has 0 amide bonds. The fourth-order valence-corrected chi connectivity index (χ4v) is 1.48. The number of rotatable bonds is 4. The molecule has 0 radical (unpaired) electrons. The number of aromatic nitrogens is 2. The second-order valence-corrected chi connectivity index (χ2v) is 3.92. The van der Waals surface area contributed by atoms with Crippen molar-refractivity contribution in [3.63, 3.8) is 0 Å². The van der Waals surface area contributed by atoms with E-state index in [1.165, 1.54) is 0 Å². The molecule has 0 bridgehead atoms. The van der Waals surface area contributed by atoms with Gasteiger partial charge in [-0.3, -0.25) is 0 Å². The van der Waals surface area contributed by atoms with E-state index in [0.29, 0.717) is 0 Å². The van der Waals surface area contributed by atoms with Gasteiger partial charge in [0.05, 0.1) is 18.6 Å². The molecule has 16 heavy (non-hydrogen) atoms. The van der Waals surface area contributed by atoms with Crippen LogP contribution in [0, 0.1) is 13.8 Å². The van der Waals surface area contributed by atoms with Crippen LogP contribution in [0.15, 0.2) is 6.33 Å². The minimum Gasteiger partial charge on any atom is -0.331 e. The smallest absolute Gasteiger partial charge is 0.331 e. The quantitative estimate of drug-likeness (QED) is 0.867. The molecule has 0 aliphatic carbocycles. The molecule has 92 valence electrons. The van der Waals surface area contributed by atoms with Gasteiger partial charge in [-0.1, -0.05) is 0 Å². The van der Waals surface area contributed by atoms with Crippen molar-refractivity contribution in [2.45, 2.75) is 33.0 Å². The summed E-state index contributed by atoms with van der Waals surface area (Å²) < 4.78 is 37.6. The van der Waals surface area contributed by atoms with Crippen LogP contribution in [0.5, 0.6) is 0 Å². The number of nitrogens with zero attached hydrogens (tertiary/aromatic N) is 2. The molecule has 6 heteroatoms. The van der Waals surface area contributed by atoms with Gasteiger partial charge < -0.3 is 9.88 Å². The van der Waals surface area contributed by atoms with E-state index in [9.17, 15) is 13.2 Å². The van der Waals surface area contributed by atoms with Crippen LogP contribution in [0.2, 0.25) is 0 Å². The predicted octanol–water partition coefficient (Wildman–Crippen LogP) is 2.21. The molecule has 3 nitrogen and oxygen atoms in total. The lowest BCUT2D eigenvalue weighted by Crippen LogP contribution is -2.32. The van der Waals surface area contributed by atoms with Crippen molar-refractivity contribution in [2.24, 2.45) is 0 Å². The Balaban J connectivity index is 2.47. The van der Waals surface area contributed by atoms with Crippen molar-refractivity contribution in [1.82, 2.24) is 14.9 Å². The van der Waals surface area contributed by atoms with E-state index in [-0.39, 0.29) is 12.6 Å². The van der Waals surface area contributed by atoms with Crippen LogP contribution in [0.3, 0.4) is 0 Å². The highest BCUT2D eigenvalue weighted by molar-refractivity contribution is 5.09. The molecule has 1 aromatic rings. The minimum absolute atomic E-state index is 0.0384. The summed E-state index contributed by atoms with van der Waals surface area (Å²) >= 11 is 0. The third-order valence-electron chi connectivity index (χ3n) is 2.53. The zero-order valence-corrected chi connectivity index (χ0v) is 9.60. The number of nitrogens with one attached hydrogen (secondary N) is 1. The van der Waals surface area contributed by atoms with Gasteiger partial charge in [0.25, 0.3) is 0 Å². The normalized spacial score (nSPS) is 14.1. The number of alkyl halides is 3. The topological polar surface area (TPSA) is 29.9 Å². The summed E-state index contributed by atoms with van der Waals surface area (Å²) in [6.07, 6.45) is -2.50. The zero-order valence-electron chi connectivity index (χ0n) is 9.60. The molecule has 0 saturated carbocycles. The van der Waals surface area contributed by atoms with E-state index < -0.39 is 12.7 Å². The highest BCUT2D eigenvalue weighted by atomic mass is 19.4. The maximum absolute atomic E-state index is 11.9. The second kappa shape index (κ2) is 4.86. The molecule has 0 fully saturated rings. The first-order valence-electron chi connectivity index (χ1n) is 5.09. The van der Waals surface area contributed by atoms with Crippen LogP contribution in [-0.4, -0.2) is 28.8 Å². The molecule has 0 aromatic carbocycles. The Hall–Kier alpha value is -1.04. The van der Waals surface area contributed by atoms with Crippen LogP contribution in [-0.2, 0) is 0 Å². The molecule has 0 saturated heterocycles. The zero-order chi connectivity index (χ0) is 12.3. The van der Waals surface area contributed by atoms with Gasteiger partial charge in [-0.05, 0) is 20.8 Å². The van der Waals surface area contributed by atoms with Crippen molar-refractivity contribution >= 4 is 0 Å². The van der Waals surface area contributed by atoms with Crippen LogP contribution in [0.4, 0.5) is 13.2 Å². The first-order chi connectivity index (χ1) is 7.31. The van der Waals surface area contributed by atoms with E-state index in [4.69, 9.17) is 0 Å². The van der Waals surface area contributed by atoms with Gasteiger partial charge in [0.1, 0.15) is 0 Å². The van der Waals surface area contributed by atoms with Crippen molar-refractivity contribution in [1.29, 1.82) is 0 Å². The monoisotopic (exact) mass is 235 g/mol. The Morgan fingerprint density at radius 1 is 1.44 bits per heavy atom. The van der Waals surface area contributed by atoms with Gasteiger partial charge in [-0.25, -0.2) is 4.98 Å². The molecule has 1 aromatic heterocycles. The number of halogens is 3. The summed E-state index contributed by atoms with van der Waals surface area (Å²) in [5.74, 6) is 0. The Bertz CT molecular complexity index is 344. The average Bonchev–Trinajstić information content (AvgIpc) is 2.45. The molecule has 1 rings (SSSR count). The van der Waals surface area contributed by atoms with Gasteiger partial charge in [-0.2, -0.15) is 13.2 Å². The van der Waals surface area contributed by atoms with Gasteiger partial charge in [-0.15, -0.1) is 0 Å². The van der Waals surface area contributed by atoms with Crippen LogP contribution in [0.1, 0.15) is 24.4 Å². The molecule has 1 heterocycles. The second-order valence-electron chi connectivity index (χ2n) is 3.92. The molecular formula is C10H16F3N3. The highest BCUT2D eigenvalue weighted by Gasteiger charge is 2.26. The van der Waals surface area contributed by atoms with E-state index in [1.807, 2.05) is 25.3 Å². The summed E-state index contributed by atoms with van der Waals surface area (Å²) in [5.41, 5.74) is 1.89. The van der Waals surface area contributed by atoms with Gasteiger partial charge in [0.15, 0.2) is 0 Å². The van der Waals surface area contributed by atoms with Crippen molar-refractivity contribution in [3.8, 4) is 0 Å². The maximum Gasteiger partial charge on any atom is 0.401 e. The third kappa shape index (κ3) is 3.52. The highest BCUT2D eigenvalue weighted by Crippen LogP contribution is 2.14. The Morgan fingerprint density at radius 3 is 2.50 bits per heavy atom. The van der Waals surface area contributed by atoms with E-state index in [0.717, 1.165) is 11.4 Å². The molecule has 0 aliphatic rings. The first-order valence-corrected chi connectivity index (χ1v) is 5.09. The van der Waals surface area contributed by atoms with E-state index in [1.54, 1.807) is 6.33 Å². The van der Waals surface area contributed by atoms with Crippen molar-refractivity contribution in [3.05, 3.63) is 17.7 Å². The van der Waals surface area contributed by atoms with Crippen LogP contribution < -0.4 is 5.32 Å². The lowest BCUT2D eigenvalue weighted by Gasteiger charge is -2.17. The Morgan fingerprint density at radius 2 is 2.06 bits per heavy atom. The first kappa shape index (κ1) is 13.0. The van der Waals surface area contributed by atoms with E-state index in [2.05, 4.69) is 10.3 Å². The van der Waals surface area contributed by atoms with Gasteiger partial charge in [0.2, 0.25) is 0 Å². The summed E-state index contributed by atoms with van der Waals surface area (Å²) in [5, 5.41) is 2.39. The summed E-state index contributed by atoms with van der Waals surface area (Å²) in [4.78, 5) is 4.11. The Labute approximate surface area is 92.7 Å². The van der Waals surface area contributed by atoms with Crippen molar-refractivity contribution < 1.29 is 13.2 Å². The molecular weight excluding hydrogens is 219 g/mol. The lowest BCUT2D eigenvalue weighted by molar-refractivity contribution is -0.124.